The van der Waals surface area contributed by atoms with Gasteiger partial charge in [0, 0.05) is 19.6 Å². The average Bonchev–Trinajstić information content (AvgIpc) is 2.66. The highest BCUT2D eigenvalue weighted by Gasteiger charge is 2.30. The largest absolute Gasteiger partial charge is 0.491 e. The Labute approximate surface area is 180 Å². The molecule has 8 nitrogen and oxygen atoms in total. The summed E-state index contributed by atoms with van der Waals surface area (Å²) in [6.07, 6.45) is -6.02. The first-order valence-corrected chi connectivity index (χ1v) is 9.88. The van der Waals surface area contributed by atoms with Crippen LogP contribution in [0.4, 0.5) is 18.0 Å². The van der Waals surface area contributed by atoms with Gasteiger partial charge in [-0.3, -0.25) is 4.99 Å². The van der Waals surface area contributed by atoms with Gasteiger partial charge >= 0.3 is 12.3 Å². The van der Waals surface area contributed by atoms with Gasteiger partial charge in [0.15, 0.2) is 5.96 Å². The molecule has 11 heteroatoms. The number of nitrogens with one attached hydrogen (secondary N) is 3. The number of ether oxygens (including phenoxy) is 2. The van der Waals surface area contributed by atoms with Gasteiger partial charge in [-0.25, -0.2) is 4.79 Å². The van der Waals surface area contributed by atoms with Crippen LogP contribution in [0, 0.1) is 0 Å². The lowest BCUT2D eigenvalue weighted by Crippen LogP contribution is -2.43. The normalized spacial score (nSPS) is 13.4. The van der Waals surface area contributed by atoms with Crippen LogP contribution < -0.4 is 20.7 Å². The Morgan fingerprint density at radius 2 is 1.84 bits per heavy atom. The number of hydrogen-bond acceptors (Lipinski definition) is 5. The number of carbonyl (C=O) groups excluding carboxylic acids is 1. The van der Waals surface area contributed by atoms with Crippen molar-refractivity contribution in [1.29, 1.82) is 0 Å². The molecule has 1 rings (SSSR count). The Bertz CT molecular complexity index is 721. The number of guanidine groups is 1. The third kappa shape index (κ3) is 11.9. The van der Waals surface area contributed by atoms with Crippen LogP contribution in [0.3, 0.4) is 0 Å². The molecule has 0 saturated heterocycles. The van der Waals surface area contributed by atoms with Crippen LogP contribution in [-0.2, 0) is 10.9 Å². The zero-order valence-electron chi connectivity index (χ0n) is 18.2. The molecular weight excluding hydrogens is 417 g/mol. The molecule has 1 unspecified atom stereocenters. The Morgan fingerprint density at radius 1 is 1.16 bits per heavy atom. The molecule has 0 aliphatic heterocycles. The molecule has 0 aliphatic carbocycles. The summed E-state index contributed by atoms with van der Waals surface area (Å²) >= 11 is 0. The number of aliphatic hydroxyl groups excluding tert-OH is 1. The number of hydrogen-bond donors (Lipinski definition) is 4. The molecule has 1 atom stereocenters. The monoisotopic (exact) mass is 448 g/mol. The summed E-state index contributed by atoms with van der Waals surface area (Å²) in [7, 11) is 0. The maximum atomic E-state index is 12.7. The van der Waals surface area contributed by atoms with E-state index in [2.05, 4.69) is 20.9 Å². The van der Waals surface area contributed by atoms with Crippen molar-refractivity contribution in [2.45, 2.75) is 45.6 Å². The molecule has 1 amide bonds. The van der Waals surface area contributed by atoms with Crippen LogP contribution in [0.5, 0.6) is 5.75 Å². The Hall–Kier alpha value is -2.69. The Balaban J connectivity index is 2.44. The van der Waals surface area contributed by atoms with Gasteiger partial charge in [-0.15, -0.1) is 0 Å². The van der Waals surface area contributed by atoms with Gasteiger partial charge in [0.2, 0.25) is 0 Å². The fourth-order valence-corrected chi connectivity index (χ4v) is 2.21. The summed E-state index contributed by atoms with van der Waals surface area (Å²) in [6, 6.07) is 4.44. The van der Waals surface area contributed by atoms with Gasteiger partial charge < -0.3 is 30.5 Å². The number of carbonyl (C=O) groups is 1. The van der Waals surface area contributed by atoms with Crippen LogP contribution in [0.1, 0.15) is 33.3 Å². The van der Waals surface area contributed by atoms with E-state index < -0.39 is 29.5 Å². The number of nitrogens with zero attached hydrogens (tertiary/aromatic N) is 1. The first-order valence-electron chi connectivity index (χ1n) is 9.88. The third-order valence-corrected chi connectivity index (χ3v) is 3.49. The van der Waals surface area contributed by atoms with Crippen molar-refractivity contribution in [2.75, 3.05) is 32.8 Å². The maximum absolute atomic E-state index is 12.7. The van der Waals surface area contributed by atoms with Crippen molar-refractivity contribution in [1.82, 2.24) is 16.0 Å². The SMILES string of the molecule is CCNC(=NCC(O)COc1cccc(C(F)(F)F)c1)NCCNC(=O)OC(C)(C)C. The van der Waals surface area contributed by atoms with Crippen LogP contribution in [0.2, 0.25) is 0 Å². The van der Waals surface area contributed by atoms with E-state index in [4.69, 9.17) is 9.47 Å². The molecule has 0 saturated carbocycles. The predicted octanol–water partition coefficient (Wildman–Crippen LogP) is 2.52. The minimum absolute atomic E-state index is 0.0103. The summed E-state index contributed by atoms with van der Waals surface area (Å²) in [4.78, 5) is 15.8. The van der Waals surface area contributed by atoms with Crippen LogP contribution in [-0.4, -0.2) is 61.7 Å². The second-order valence-corrected chi connectivity index (χ2v) is 7.57. The van der Waals surface area contributed by atoms with Crippen molar-refractivity contribution in [2.24, 2.45) is 4.99 Å². The molecule has 0 bridgehead atoms. The lowest BCUT2D eigenvalue weighted by atomic mass is 10.2. The fraction of sp³-hybridized carbons (Fsp3) is 0.600. The van der Waals surface area contributed by atoms with Crippen molar-refractivity contribution in [3.05, 3.63) is 29.8 Å². The summed E-state index contributed by atoms with van der Waals surface area (Å²) in [5, 5.41) is 18.6. The highest BCUT2D eigenvalue weighted by atomic mass is 19.4. The second kappa shape index (κ2) is 12.2. The van der Waals surface area contributed by atoms with Gasteiger partial charge in [-0.05, 0) is 45.9 Å². The number of aliphatic hydroxyl groups is 1. The molecule has 31 heavy (non-hydrogen) atoms. The highest BCUT2D eigenvalue weighted by molar-refractivity contribution is 5.79. The van der Waals surface area contributed by atoms with E-state index in [1.54, 1.807) is 20.8 Å². The third-order valence-electron chi connectivity index (χ3n) is 3.49. The van der Waals surface area contributed by atoms with Crippen molar-refractivity contribution >= 4 is 12.1 Å². The summed E-state index contributed by atoms with van der Waals surface area (Å²) < 4.78 is 48.5. The van der Waals surface area contributed by atoms with E-state index in [-0.39, 0.29) is 18.9 Å². The molecular formula is C20H31F3N4O4. The van der Waals surface area contributed by atoms with Gasteiger partial charge in [-0.2, -0.15) is 13.2 Å². The topological polar surface area (TPSA) is 104 Å². The van der Waals surface area contributed by atoms with E-state index in [0.29, 0.717) is 25.6 Å². The smallest absolute Gasteiger partial charge is 0.416 e. The highest BCUT2D eigenvalue weighted by Crippen LogP contribution is 2.31. The number of rotatable bonds is 9. The van der Waals surface area contributed by atoms with Gasteiger partial charge in [-0.1, -0.05) is 6.07 Å². The lowest BCUT2D eigenvalue weighted by Gasteiger charge is -2.20. The molecule has 0 radical (unpaired) electrons. The molecule has 1 aromatic rings. The van der Waals surface area contributed by atoms with Crippen LogP contribution >= 0.6 is 0 Å². The lowest BCUT2D eigenvalue weighted by molar-refractivity contribution is -0.137. The fourth-order valence-electron chi connectivity index (χ4n) is 2.21. The first kappa shape index (κ1) is 26.3. The number of alkyl carbamates (subject to hydrolysis) is 1. The van der Waals surface area contributed by atoms with E-state index in [9.17, 15) is 23.1 Å². The summed E-state index contributed by atoms with van der Waals surface area (Å²) in [6.45, 7) is 8.14. The van der Waals surface area contributed by atoms with E-state index >= 15 is 0 Å². The van der Waals surface area contributed by atoms with Crippen molar-refractivity contribution in [3.8, 4) is 5.75 Å². The number of aliphatic imine (C=N–C) groups is 1. The maximum Gasteiger partial charge on any atom is 0.416 e. The summed E-state index contributed by atoms with van der Waals surface area (Å²) in [5.41, 5.74) is -1.41. The van der Waals surface area contributed by atoms with Gasteiger partial charge in [0.05, 0.1) is 12.1 Å². The van der Waals surface area contributed by atoms with Crippen molar-refractivity contribution < 1.29 is 32.5 Å². The zero-order valence-corrected chi connectivity index (χ0v) is 18.2. The Kier molecular flexibility index (Phi) is 10.4. The number of halogens is 3. The first-order chi connectivity index (χ1) is 14.4. The average molecular weight is 448 g/mol. The van der Waals surface area contributed by atoms with E-state index in [0.717, 1.165) is 12.1 Å². The minimum atomic E-state index is -4.47. The zero-order chi connectivity index (χ0) is 23.5. The standard InChI is InChI=1S/C20H31F3N4O4/c1-5-24-17(25-9-10-26-18(29)31-19(2,3)4)27-12-15(28)13-30-16-8-6-7-14(11-16)20(21,22)23/h6-8,11,15,28H,5,9-10,12-13H2,1-4H3,(H,26,29)(H2,24,25,27). The second-order valence-electron chi connectivity index (χ2n) is 7.57. The molecule has 176 valence electrons. The molecule has 0 spiro atoms. The predicted molar refractivity (Wildman–Crippen MR) is 111 cm³/mol. The molecule has 0 aromatic heterocycles. The van der Waals surface area contributed by atoms with E-state index in [1.165, 1.54) is 12.1 Å². The van der Waals surface area contributed by atoms with Gasteiger partial charge in [0.1, 0.15) is 24.1 Å². The number of amides is 1. The van der Waals surface area contributed by atoms with Crippen LogP contribution in [0.25, 0.3) is 0 Å². The molecule has 0 fully saturated rings. The molecule has 1 aromatic carbocycles. The Morgan fingerprint density at radius 3 is 2.45 bits per heavy atom. The van der Waals surface area contributed by atoms with E-state index in [1.807, 2.05) is 6.92 Å². The number of benzene rings is 1. The molecule has 0 heterocycles. The minimum Gasteiger partial charge on any atom is -0.491 e. The van der Waals surface area contributed by atoms with Crippen molar-refractivity contribution in [3.63, 3.8) is 0 Å². The quantitative estimate of drug-likeness (QED) is 0.263. The molecule has 4 N–H and O–H groups in total. The number of alkyl halides is 3. The summed E-state index contributed by atoms with van der Waals surface area (Å²) in [5.74, 6) is 0.419. The van der Waals surface area contributed by atoms with Crippen LogP contribution in [0.15, 0.2) is 29.3 Å². The molecule has 0 aliphatic rings. The van der Waals surface area contributed by atoms with Gasteiger partial charge in [0.25, 0.3) is 0 Å².